The second-order valence-corrected chi connectivity index (χ2v) is 7.95. The highest BCUT2D eigenvalue weighted by atomic mass is 32.2. The quantitative estimate of drug-likeness (QED) is 0.274. The zero-order valence-corrected chi connectivity index (χ0v) is 15.8. The summed E-state index contributed by atoms with van der Waals surface area (Å²) < 4.78 is 0. The molecule has 0 aliphatic carbocycles. The van der Waals surface area contributed by atoms with Crippen molar-refractivity contribution in [1.29, 1.82) is 0 Å². The molecule has 0 radical (unpaired) electrons. The molecule has 0 spiro atoms. The first kappa shape index (κ1) is 20.9. The van der Waals surface area contributed by atoms with Crippen LogP contribution in [0.2, 0.25) is 0 Å². The van der Waals surface area contributed by atoms with Crippen LogP contribution in [-0.2, 0) is 19.2 Å². The number of nitrogens with one attached hydrogen (secondary N) is 1. The van der Waals surface area contributed by atoms with E-state index in [-0.39, 0.29) is 35.0 Å². The Bertz CT molecular complexity index is 770. The van der Waals surface area contributed by atoms with Gasteiger partial charge in [0, 0.05) is 25.4 Å². The van der Waals surface area contributed by atoms with Gasteiger partial charge in [-0.25, -0.2) is 0 Å². The number of carboxylic acid groups (broad SMARTS) is 1. The fourth-order valence-electron chi connectivity index (χ4n) is 3.03. The average molecular weight is 414 g/mol. The summed E-state index contributed by atoms with van der Waals surface area (Å²) in [5.74, 6) is -1.49. The number of hydrogen-bond donors (Lipinski definition) is 2. The van der Waals surface area contributed by atoms with Crippen LogP contribution in [-0.4, -0.2) is 69.6 Å². The maximum absolute atomic E-state index is 12.7. The minimum atomic E-state index is -1.39. The number of hydrazone groups is 1. The van der Waals surface area contributed by atoms with Crippen molar-refractivity contribution in [2.24, 2.45) is 10.5 Å². The van der Waals surface area contributed by atoms with Crippen LogP contribution < -0.4 is 10.3 Å². The average Bonchev–Trinajstić information content (AvgIpc) is 3.13. The number of rotatable bonds is 6. The molecule has 2 aliphatic rings. The first-order valence-electron chi connectivity index (χ1n) is 7.63. The summed E-state index contributed by atoms with van der Waals surface area (Å²) in [5, 5.41) is 15.4. The van der Waals surface area contributed by atoms with Crippen molar-refractivity contribution in [3.63, 3.8) is 0 Å². The van der Waals surface area contributed by atoms with E-state index < -0.39 is 17.4 Å². The van der Waals surface area contributed by atoms with E-state index in [0.717, 1.165) is 6.21 Å². The van der Waals surface area contributed by atoms with Gasteiger partial charge in [0.15, 0.2) is 0 Å². The highest BCUT2D eigenvalue weighted by molar-refractivity contribution is 8.00. The van der Waals surface area contributed by atoms with Crippen LogP contribution in [0.25, 0.3) is 0 Å². The number of aliphatic carboxylic acids is 1. The van der Waals surface area contributed by atoms with Gasteiger partial charge in [-0.2, -0.15) is 5.10 Å². The van der Waals surface area contributed by atoms with Gasteiger partial charge in [-0.1, -0.05) is 0 Å². The van der Waals surface area contributed by atoms with Crippen LogP contribution in [0, 0.1) is 5.41 Å². The number of β-lactam (4-membered cyclic amide) rings is 1. The Morgan fingerprint density at radius 1 is 1.52 bits per heavy atom. The molecule has 27 heavy (non-hydrogen) atoms. The Morgan fingerprint density at radius 2 is 2.26 bits per heavy atom. The summed E-state index contributed by atoms with van der Waals surface area (Å²) in [7, 11) is 0. The molecule has 0 saturated carbocycles. The lowest BCUT2D eigenvalue weighted by Crippen LogP contribution is -2.74. The third-order valence-electron chi connectivity index (χ3n) is 4.30. The molecule has 4 N–H and O–H groups in total. The van der Waals surface area contributed by atoms with Gasteiger partial charge in [-0.05, 0) is 17.5 Å². The van der Waals surface area contributed by atoms with E-state index in [2.05, 4.69) is 10.5 Å². The number of nitrogens with zero attached hydrogens (tertiary/aromatic N) is 3. The molecule has 3 atom stereocenters. The lowest BCUT2D eigenvalue weighted by Gasteiger charge is -2.55. The summed E-state index contributed by atoms with van der Waals surface area (Å²) in [5.41, 5.74) is 0.665. The standard InChI is InChI=1S/C15H16N4O5S2.H2O/c1-9(21)19(10-3-2-4-25-10)11-12(22)18-6-15(14(23)24,5-16-17-8-20)7-26-13(11)18;/h2-5,8,11,13H,6-7H2,1H3,(H,17,20)(H,23,24);1H2/t11?,13-,15?;/m1./s1. The Balaban J connectivity index is 0.00000261. The van der Waals surface area contributed by atoms with E-state index in [1.807, 2.05) is 5.38 Å². The highest BCUT2D eigenvalue weighted by Crippen LogP contribution is 2.44. The molecule has 0 bridgehead atoms. The first-order valence-corrected chi connectivity index (χ1v) is 9.56. The Labute approximate surface area is 162 Å². The Kier molecular flexibility index (Phi) is 6.23. The topological polar surface area (TPSA) is 151 Å². The number of amides is 3. The van der Waals surface area contributed by atoms with Gasteiger partial charge in [0.05, 0.1) is 5.00 Å². The summed E-state index contributed by atoms with van der Waals surface area (Å²) >= 11 is 2.65. The molecule has 2 aliphatic heterocycles. The second kappa shape index (κ2) is 8.06. The Morgan fingerprint density at radius 3 is 2.81 bits per heavy atom. The summed E-state index contributed by atoms with van der Waals surface area (Å²) in [6, 6.07) is 2.93. The monoisotopic (exact) mass is 414 g/mol. The number of fused-ring (bicyclic) bond motifs is 1. The lowest BCUT2D eigenvalue weighted by atomic mass is 9.88. The molecule has 1 aromatic rings. The third-order valence-corrected chi connectivity index (χ3v) is 6.71. The number of thiophene rings is 1. The van der Waals surface area contributed by atoms with E-state index in [1.54, 1.807) is 12.1 Å². The zero-order valence-electron chi connectivity index (χ0n) is 14.2. The molecular formula is C15H18N4O6S2. The van der Waals surface area contributed by atoms with Crippen LogP contribution >= 0.6 is 23.1 Å². The zero-order chi connectivity index (χ0) is 18.9. The van der Waals surface area contributed by atoms with E-state index in [1.165, 1.54) is 39.8 Å². The minimum Gasteiger partial charge on any atom is -0.480 e. The van der Waals surface area contributed by atoms with E-state index in [9.17, 15) is 24.3 Å². The Hall–Kier alpha value is -2.44. The number of hydrogen-bond acceptors (Lipinski definition) is 7. The van der Waals surface area contributed by atoms with Crippen LogP contribution in [0.1, 0.15) is 6.92 Å². The van der Waals surface area contributed by atoms with Crippen LogP contribution in [0.3, 0.4) is 0 Å². The molecule has 146 valence electrons. The maximum Gasteiger partial charge on any atom is 0.317 e. The largest absolute Gasteiger partial charge is 0.480 e. The van der Waals surface area contributed by atoms with Crippen LogP contribution in [0.5, 0.6) is 0 Å². The van der Waals surface area contributed by atoms with Gasteiger partial charge in [0.25, 0.3) is 0 Å². The van der Waals surface area contributed by atoms with Crippen molar-refractivity contribution < 1.29 is 29.8 Å². The normalized spacial score (nSPS) is 26.6. The number of carbonyl (C=O) groups excluding carboxylic acids is 3. The lowest BCUT2D eigenvalue weighted by molar-refractivity contribution is -0.153. The summed E-state index contributed by atoms with van der Waals surface area (Å²) in [6.07, 6.45) is 1.48. The van der Waals surface area contributed by atoms with Crippen molar-refractivity contribution in [1.82, 2.24) is 10.3 Å². The first-order chi connectivity index (χ1) is 12.4. The van der Waals surface area contributed by atoms with Gasteiger partial charge < -0.3 is 15.5 Å². The molecule has 1 aromatic heterocycles. The third kappa shape index (κ3) is 3.55. The molecule has 2 fully saturated rings. The minimum absolute atomic E-state index is 0. The fraction of sp³-hybridized carbons (Fsp3) is 0.400. The van der Waals surface area contributed by atoms with Crippen molar-refractivity contribution in [3.8, 4) is 0 Å². The van der Waals surface area contributed by atoms with Gasteiger partial charge in [-0.3, -0.25) is 29.5 Å². The summed E-state index contributed by atoms with van der Waals surface area (Å²) in [6.45, 7) is 1.35. The van der Waals surface area contributed by atoms with Crippen LogP contribution in [0.15, 0.2) is 22.6 Å². The maximum atomic E-state index is 12.7. The molecular weight excluding hydrogens is 396 g/mol. The summed E-state index contributed by atoms with van der Waals surface area (Å²) in [4.78, 5) is 49.8. The van der Waals surface area contributed by atoms with Crippen molar-refractivity contribution in [3.05, 3.63) is 17.5 Å². The molecule has 2 unspecified atom stereocenters. The van der Waals surface area contributed by atoms with Crippen molar-refractivity contribution in [2.75, 3.05) is 17.2 Å². The van der Waals surface area contributed by atoms with E-state index >= 15 is 0 Å². The highest BCUT2D eigenvalue weighted by Gasteiger charge is 2.59. The van der Waals surface area contributed by atoms with Crippen LogP contribution in [0.4, 0.5) is 5.00 Å². The molecule has 12 heteroatoms. The number of carbonyl (C=O) groups is 4. The van der Waals surface area contributed by atoms with Gasteiger partial charge >= 0.3 is 5.97 Å². The van der Waals surface area contributed by atoms with Gasteiger partial charge in [0.1, 0.15) is 16.8 Å². The van der Waals surface area contributed by atoms with E-state index in [0.29, 0.717) is 11.4 Å². The molecule has 3 amide bonds. The van der Waals surface area contributed by atoms with Crippen molar-refractivity contribution >= 4 is 58.5 Å². The smallest absolute Gasteiger partial charge is 0.317 e. The van der Waals surface area contributed by atoms with Gasteiger partial charge in [-0.15, -0.1) is 23.1 Å². The number of anilines is 1. The molecule has 2 saturated heterocycles. The van der Waals surface area contributed by atoms with Crippen molar-refractivity contribution in [2.45, 2.75) is 18.3 Å². The molecule has 3 heterocycles. The predicted octanol–water partition coefficient (Wildman–Crippen LogP) is -0.637. The van der Waals surface area contributed by atoms with Gasteiger partial charge in [0.2, 0.25) is 18.2 Å². The molecule has 3 rings (SSSR count). The van der Waals surface area contributed by atoms with E-state index in [4.69, 9.17) is 0 Å². The SMILES string of the molecule is CC(=O)N(c1cccs1)C1C(=O)N2CC(C=NNC=O)(C(=O)O)CS[C@H]12.O. The molecule has 10 nitrogen and oxygen atoms in total. The number of carboxylic acids is 1. The second-order valence-electron chi connectivity index (χ2n) is 5.92. The fourth-order valence-corrected chi connectivity index (χ4v) is 5.37. The predicted molar refractivity (Wildman–Crippen MR) is 101 cm³/mol. The molecule has 0 aromatic carbocycles. The number of thioether (sulfide) groups is 1.